The van der Waals surface area contributed by atoms with E-state index in [9.17, 15) is 9.59 Å². The van der Waals surface area contributed by atoms with Gasteiger partial charge in [-0.15, -0.1) is 0 Å². The summed E-state index contributed by atoms with van der Waals surface area (Å²) in [4.78, 5) is 22.1. The largest absolute Gasteiger partial charge is 0.345 e. The molecule has 0 aromatic heterocycles. The Morgan fingerprint density at radius 2 is 2.50 bits per heavy atom. The van der Waals surface area contributed by atoms with Gasteiger partial charge >= 0.3 is 0 Å². The van der Waals surface area contributed by atoms with Gasteiger partial charge in [-0.05, 0) is 6.42 Å². The zero-order valence-electron chi connectivity index (χ0n) is 6.51. The van der Waals surface area contributed by atoms with Gasteiger partial charge in [-0.1, -0.05) is 27.7 Å². The lowest BCUT2D eigenvalue weighted by atomic mass is 10.2. The minimum Gasteiger partial charge on any atom is -0.345 e. The highest BCUT2D eigenvalue weighted by Crippen LogP contribution is 2.19. The molecule has 1 aliphatic rings. The molecule has 68 valence electrons. The minimum absolute atomic E-state index is 0.0484. The Balaban J connectivity index is 2.30. The van der Waals surface area contributed by atoms with Crippen molar-refractivity contribution >= 4 is 38.7 Å². The van der Waals surface area contributed by atoms with Crippen LogP contribution in [0.4, 0.5) is 0 Å². The van der Waals surface area contributed by atoms with Crippen LogP contribution in [0.2, 0.25) is 0 Å². The molecule has 12 heavy (non-hydrogen) atoms. The number of carbonyl (C=O) groups excluding carboxylic acids is 2. The van der Waals surface area contributed by atoms with Gasteiger partial charge in [0, 0.05) is 17.5 Å². The number of halogens is 1. The normalized spacial score (nSPS) is 22.8. The van der Waals surface area contributed by atoms with E-state index in [1.165, 1.54) is 11.8 Å². The lowest BCUT2D eigenvalue weighted by Crippen LogP contribution is -2.37. The number of rotatable bonds is 3. The molecular formula is C7H10BrNO2S. The molecule has 1 saturated heterocycles. The lowest BCUT2D eigenvalue weighted by Gasteiger charge is -2.08. The summed E-state index contributed by atoms with van der Waals surface area (Å²) in [5.41, 5.74) is 0. The maximum Gasteiger partial charge on any atom is 0.221 e. The monoisotopic (exact) mass is 251 g/mol. The van der Waals surface area contributed by atoms with Crippen LogP contribution in [0.3, 0.4) is 0 Å². The van der Waals surface area contributed by atoms with Crippen molar-refractivity contribution in [3.63, 3.8) is 0 Å². The number of alkyl halides is 1. The fourth-order valence-corrected chi connectivity index (χ4v) is 2.27. The third-order valence-electron chi connectivity index (χ3n) is 1.59. The highest BCUT2D eigenvalue weighted by Gasteiger charge is 2.26. The molecule has 0 aromatic carbocycles. The topological polar surface area (TPSA) is 46.2 Å². The molecule has 0 aliphatic carbocycles. The summed E-state index contributed by atoms with van der Waals surface area (Å²) >= 11 is 4.46. The molecule has 0 saturated carbocycles. The molecule has 1 amide bonds. The first-order valence-corrected chi connectivity index (χ1v) is 5.86. The minimum atomic E-state index is -0.235. The Morgan fingerprint density at radius 3 is 3.00 bits per heavy atom. The molecule has 3 nitrogen and oxygen atoms in total. The van der Waals surface area contributed by atoms with Crippen LogP contribution in [0, 0.1) is 0 Å². The molecule has 1 aliphatic heterocycles. The Labute approximate surface area is 83.8 Å². The van der Waals surface area contributed by atoms with Crippen molar-refractivity contribution in [1.82, 2.24) is 5.32 Å². The van der Waals surface area contributed by atoms with Gasteiger partial charge in [0.05, 0.1) is 6.04 Å². The number of amides is 1. The van der Waals surface area contributed by atoms with Gasteiger partial charge in [-0.2, -0.15) is 0 Å². The SMILES string of the molecule is O=C(CCBr)NC1CCSC1=O. The Bertz CT molecular complexity index is 198. The van der Waals surface area contributed by atoms with Crippen molar-refractivity contribution in [2.75, 3.05) is 11.1 Å². The van der Waals surface area contributed by atoms with E-state index in [2.05, 4.69) is 21.2 Å². The predicted octanol–water partition coefficient (Wildman–Crippen LogP) is 0.920. The number of carbonyl (C=O) groups is 2. The highest BCUT2D eigenvalue weighted by molar-refractivity contribution is 9.09. The molecule has 1 heterocycles. The quantitative estimate of drug-likeness (QED) is 0.760. The zero-order chi connectivity index (χ0) is 8.97. The van der Waals surface area contributed by atoms with Gasteiger partial charge in [-0.25, -0.2) is 0 Å². The van der Waals surface area contributed by atoms with E-state index >= 15 is 0 Å². The van der Waals surface area contributed by atoms with Crippen molar-refractivity contribution in [1.29, 1.82) is 0 Å². The van der Waals surface area contributed by atoms with Crippen LogP contribution in [0.1, 0.15) is 12.8 Å². The molecule has 0 radical (unpaired) electrons. The lowest BCUT2D eigenvalue weighted by molar-refractivity contribution is -0.124. The first kappa shape index (κ1) is 10.1. The molecule has 1 rings (SSSR count). The van der Waals surface area contributed by atoms with Crippen LogP contribution in [0.25, 0.3) is 0 Å². The van der Waals surface area contributed by atoms with E-state index in [-0.39, 0.29) is 17.1 Å². The number of nitrogens with one attached hydrogen (secondary N) is 1. The Hall–Kier alpha value is -0.0300. The molecule has 1 fully saturated rings. The standard InChI is InChI=1S/C7H10BrNO2S/c8-3-1-6(10)9-5-2-4-12-7(5)11/h5H,1-4H2,(H,9,10). The van der Waals surface area contributed by atoms with Crippen molar-refractivity contribution in [3.8, 4) is 0 Å². The summed E-state index contributed by atoms with van der Waals surface area (Å²) in [6.45, 7) is 0. The highest BCUT2D eigenvalue weighted by atomic mass is 79.9. The van der Waals surface area contributed by atoms with Crippen molar-refractivity contribution in [2.24, 2.45) is 0 Å². The van der Waals surface area contributed by atoms with Gasteiger partial charge in [0.1, 0.15) is 0 Å². The summed E-state index contributed by atoms with van der Waals surface area (Å²) < 4.78 is 0. The summed E-state index contributed by atoms with van der Waals surface area (Å²) in [6, 6.07) is -0.235. The average Bonchev–Trinajstić information content (AvgIpc) is 2.37. The molecule has 0 bridgehead atoms. The fourth-order valence-electron chi connectivity index (χ4n) is 0.979. The van der Waals surface area contributed by atoms with Crippen LogP contribution in [-0.2, 0) is 9.59 Å². The van der Waals surface area contributed by atoms with E-state index < -0.39 is 0 Å². The summed E-state index contributed by atoms with van der Waals surface area (Å²) in [5, 5.41) is 3.43. The van der Waals surface area contributed by atoms with Gasteiger partial charge in [0.15, 0.2) is 0 Å². The molecule has 1 unspecified atom stereocenters. The molecule has 5 heteroatoms. The van der Waals surface area contributed by atoms with Crippen molar-refractivity contribution in [3.05, 3.63) is 0 Å². The molecular weight excluding hydrogens is 242 g/mol. The number of thioether (sulfide) groups is 1. The third kappa shape index (κ3) is 2.79. The van der Waals surface area contributed by atoms with Crippen LogP contribution in [0.5, 0.6) is 0 Å². The van der Waals surface area contributed by atoms with Crippen LogP contribution in [0.15, 0.2) is 0 Å². The second-order valence-electron chi connectivity index (χ2n) is 2.52. The molecule has 1 atom stereocenters. The van der Waals surface area contributed by atoms with Crippen molar-refractivity contribution in [2.45, 2.75) is 18.9 Å². The van der Waals surface area contributed by atoms with E-state index in [4.69, 9.17) is 0 Å². The first-order valence-electron chi connectivity index (χ1n) is 3.76. The van der Waals surface area contributed by atoms with E-state index in [0.717, 1.165) is 12.2 Å². The van der Waals surface area contributed by atoms with E-state index in [1.807, 2.05) is 0 Å². The van der Waals surface area contributed by atoms with Gasteiger partial charge in [0.25, 0.3) is 0 Å². The Kier molecular flexibility index (Phi) is 4.08. The second-order valence-corrected chi connectivity index (χ2v) is 4.41. The Morgan fingerprint density at radius 1 is 1.75 bits per heavy atom. The summed E-state index contributed by atoms with van der Waals surface area (Å²) in [6.07, 6.45) is 1.21. The van der Waals surface area contributed by atoms with E-state index in [1.54, 1.807) is 0 Å². The van der Waals surface area contributed by atoms with Gasteiger partial charge in [-0.3, -0.25) is 9.59 Å². The number of hydrogen-bond donors (Lipinski definition) is 1. The van der Waals surface area contributed by atoms with E-state index in [0.29, 0.717) is 11.8 Å². The molecule has 1 N–H and O–H groups in total. The van der Waals surface area contributed by atoms with Crippen LogP contribution >= 0.6 is 27.7 Å². The second kappa shape index (κ2) is 4.87. The van der Waals surface area contributed by atoms with Gasteiger partial charge < -0.3 is 5.32 Å². The zero-order valence-corrected chi connectivity index (χ0v) is 8.91. The maximum atomic E-state index is 11.1. The summed E-state index contributed by atoms with van der Waals surface area (Å²) in [7, 11) is 0. The van der Waals surface area contributed by atoms with Crippen LogP contribution < -0.4 is 5.32 Å². The van der Waals surface area contributed by atoms with Gasteiger partial charge in [0.2, 0.25) is 11.0 Å². The fraction of sp³-hybridized carbons (Fsp3) is 0.714. The first-order chi connectivity index (χ1) is 5.74. The molecule has 0 spiro atoms. The van der Waals surface area contributed by atoms with Crippen LogP contribution in [-0.4, -0.2) is 28.1 Å². The third-order valence-corrected chi connectivity index (χ3v) is 3.00. The molecule has 0 aromatic rings. The predicted molar refractivity (Wildman–Crippen MR) is 52.4 cm³/mol. The number of hydrogen-bond acceptors (Lipinski definition) is 3. The maximum absolute atomic E-state index is 11.1. The van der Waals surface area contributed by atoms with Crippen molar-refractivity contribution < 1.29 is 9.59 Å². The smallest absolute Gasteiger partial charge is 0.221 e. The average molecular weight is 252 g/mol. The summed E-state index contributed by atoms with van der Waals surface area (Å²) in [5.74, 6) is 0.783.